The minimum atomic E-state index is -0.267. The van der Waals surface area contributed by atoms with E-state index < -0.39 is 0 Å². The van der Waals surface area contributed by atoms with E-state index in [1.807, 2.05) is 0 Å². The molecule has 2 rings (SSSR count). The molecule has 19 heavy (non-hydrogen) atoms. The Morgan fingerprint density at radius 3 is 2.47 bits per heavy atom. The van der Waals surface area contributed by atoms with Crippen molar-refractivity contribution in [2.24, 2.45) is 0 Å². The molecule has 1 atom stereocenters. The van der Waals surface area contributed by atoms with Gasteiger partial charge in [0.25, 0.3) is 0 Å². The Labute approximate surface area is 118 Å². The van der Waals surface area contributed by atoms with Gasteiger partial charge in [0.15, 0.2) is 0 Å². The van der Waals surface area contributed by atoms with E-state index in [0.717, 1.165) is 0 Å². The highest BCUT2D eigenvalue weighted by atomic mass is 35.5. The summed E-state index contributed by atoms with van der Waals surface area (Å²) in [6, 6.07) is 13.3. The van der Waals surface area contributed by atoms with Crippen LogP contribution in [0.3, 0.4) is 0 Å². The summed E-state index contributed by atoms with van der Waals surface area (Å²) in [5.74, 6) is -0.267. The van der Waals surface area contributed by atoms with Crippen molar-refractivity contribution in [1.29, 1.82) is 0 Å². The predicted molar refractivity (Wildman–Crippen MR) is 77.8 cm³/mol. The number of nitrogens with one attached hydrogen (secondary N) is 1. The Hall–Kier alpha value is -1.38. The first-order valence-corrected chi connectivity index (χ1v) is 6.68. The summed E-state index contributed by atoms with van der Waals surface area (Å²) >= 11 is 5.73. The first-order chi connectivity index (χ1) is 9.06. The third kappa shape index (κ3) is 3.79. The predicted octanol–water partition coefficient (Wildman–Crippen LogP) is 4.64. The normalized spacial score (nSPS) is 12.4. The van der Waals surface area contributed by atoms with Crippen LogP contribution in [0.2, 0.25) is 5.02 Å². The molecule has 0 saturated carbocycles. The van der Waals surface area contributed by atoms with Crippen LogP contribution in [-0.4, -0.2) is 0 Å². The lowest BCUT2D eigenvalue weighted by Gasteiger charge is -2.15. The van der Waals surface area contributed by atoms with Crippen molar-refractivity contribution in [1.82, 2.24) is 5.32 Å². The van der Waals surface area contributed by atoms with E-state index in [9.17, 15) is 4.39 Å². The van der Waals surface area contributed by atoms with Gasteiger partial charge in [-0.1, -0.05) is 47.5 Å². The van der Waals surface area contributed by atoms with Gasteiger partial charge >= 0.3 is 0 Å². The van der Waals surface area contributed by atoms with E-state index in [-0.39, 0.29) is 11.9 Å². The topological polar surface area (TPSA) is 12.0 Å². The van der Waals surface area contributed by atoms with Gasteiger partial charge in [0.05, 0.1) is 0 Å². The molecule has 2 aromatic carbocycles. The Bertz CT molecular complexity index is 551. The highest BCUT2D eigenvalue weighted by molar-refractivity contribution is 6.30. The zero-order valence-corrected chi connectivity index (χ0v) is 11.8. The Balaban J connectivity index is 2.00. The molecule has 1 nitrogen and oxygen atoms in total. The second-order valence-corrected chi connectivity index (χ2v) is 5.19. The van der Waals surface area contributed by atoms with E-state index in [1.165, 1.54) is 17.2 Å². The quantitative estimate of drug-likeness (QED) is 0.858. The molecule has 0 spiro atoms. The molecule has 0 amide bonds. The number of hydrogen-bond donors (Lipinski definition) is 1. The molecule has 1 N–H and O–H groups in total. The van der Waals surface area contributed by atoms with E-state index in [4.69, 9.17) is 11.6 Å². The second kappa shape index (κ2) is 6.18. The lowest BCUT2D eigenvalue weighted by Crippen LogP contribution is -2.18. The summed E-state index contributed by atoms with van der Waals surface area (Å²) in [7, 11) is 0. The smallest absolute Gasteiger partial charge is 0.129 e. The van der Waals surface area contributed by atoms with Gasteiger partial charge < -0.3 is 5.32 Å². The fourth-order valence-corrected chi connectivity index (χ4v) is 2.06. The van der Waals surface area contributed by atoms with Crippen LogP contribution < -0.4 is 5.32 Å². The minimum absolute atomic E-state index is 0.177. The molecule has 0 aromatic heterocycles. The van der Waals surface area contributed by atoms with Crippen molar-refractivity contribution < 1.29 is 4.39 Å². The van der Waals surface area contributed by atoms with Crippen molar-refractivity contribution in [3.8, 4) is 0 Å². The monoisotopic (exact) mass is 277 g/mol. The molecule has 0 heterocycles. The number of aryl methyl sites for hydroxylation is 1. The first kappa shape index (κ1) is 14.0. The maximum Gasteiger partial charge on any atom is 0.129 e. The average Bonchev–Trinajstić information content (AvgIpc) is 2.38. The molecule has 0 unspecified atom stereocenters. The van der Waals surface area contributed by atoms with Crippen LogP contribution in [-0.2, 0) is 6.54 Å². The van der Waals surface area contributed by atoms with Crippen LogP contribution in [0.5, 0.6) is 0 Å². The summed E-state index contributed by atoms with van der Waals surface area (Å²) < 4.78 is 13.6. The summed E-state index contributed by atoms with van der Waals surface area (Å²) in [5.41, 5.74) is 3.06. The molecule has 3 heteroatoms. The summed E-state index contributed by atoms with van der Waals surface area (Å²) in [4.78, 5) is 0. The van der Waals surface area contributed by atoms with Crippen LogP contribution in [0, 0.1) is 12.7 Å². The molecule has 100 valence electrons. The largest absolute Gasteiger partial charge is 0.306 e. The van der Waals surface area contributed by atoms with Gasteiger partial charge in [0.2, 0.25) is 0 Å². The van der Waals surface area contributed by atoms with Gasteiger partial charge in [-0.05, 0) is 31.5 Å². The van der Waals surface area contributed by atoms with Gasteiger partial charge in [0.1, 0.15) is 5.82 Å². The number of rotatable bonds is 4. The number of hydrogen-bond acceptors (Lipinski definition) is 1. The van der Waals surface area contributed by atoms with E-state index in [0.29, 0.717) is 17.1 Å². The van der Waals surface area contributed by atoms with Crippen molar-refractivity contribution in [3.63, 3.8) is 0 Å². The lowest BCUT2D eigenvalue weighted by molar-refractivity contribution is 0.544. The highest BCUT2D eigenvalue weighted by Crippen LogP contribution is 2.17. The summed E-state index contributed by atoms with van der Waals surface area (Å²) in [6.45, 7) is 4.61. The molecular formula is C16H17ClFN. The third-order valence-corrected chi connectivity index (χ3v) is 3.43. The fraction of sp³-hybridized carbons (Fsp3) is 0.250. The van der Waals surface area contributed by atoms with Crippen LogP contribution in [0.1, 0.15) is 29.7 Å². The molecule has 0 aliphatic heterocycles. The first-order valence-electron chi connectivity index (χ1n) is 6.30. The summed E-state index contributed by atoms with van der Waals surface area (Å²) in [5, 5.41) is 3.74. The summed E-state index contributed by atoms with van der Waals surface area (Å²) in [6.07, 6.45) is 0. The van der Waals surface area contributed by atoms with E-state index in [2.05, 4.69) is 43.4 Å². The molecule has 0 fully saturated rings. The number of benzene rings is 2. The SMILES string of the molecule is Cc1ccc([C@@H](C)NCc2ccc(Cl)cc2F)cc1. The van der Waals surface area contributed by atoms with Crippen molar-refractivity contribution >= 4 is 11.6 Å². The third-order valence-electron chi connectivity index (χ3n) is 3.19. The maximum atomic E-state index is 13.6. The Morgan fingerprint density at radius 1 is 1.16 bits per heavy atom. The van der Waals surface area contributed by atoms with Crippen LogP contribution in [0.25, 0.3) is 0 Å². The molecule has 0 aliphatic rings. The molecule has 0 aliphatic carbocycles. The van der Waals surface area contributed by atoms with E-state index in [1.54, 1.807) is 12.1 Å². The van der Waals surface area contributed by atoms with Crippen molar-refractivity contribution in [3.05, 3.63) is 70.0 Å². The maximum absolute atomic E-state index is 13.6. The molecule has 2 aromatic rings. The van der Waals surface area contributed by atoms with Crippen molar-refractivity contribution in [2.45, 2.75) is 26.4 Å². The van der Waals surface area contributed by atoms with Crippen molar-refractivity contribution in [2.75, 3.05) is 0 Å². The van der Waals surface area contributed by atoms with Crippen LogP contribution in [0.15, 0.2) is 42.5 Å². The van der Waals surface area contributed by atoms with Gasteiger partial charge in [0, 0.05) is 23.2 Å². The van der Waals surface area contributed by atoms with Crippen LogP contribution >= 0.6 is 11.6 Å². The van der Waals surface area contributed by atoms with Gasteiger partial charge in [-0.3, -0.25) is 0 Å². The van der Waals surface area contributed by atoms with Gasteiger partial charge in [-0.15, -0.1) is 0 Å². The standard InChI is InChI=1S/C16H17ClFN/c1-11-3-5-13(6-4-11)12(2)19-10-14-7-8-15(17)9-16(14)18/h3-9,12,19H,10H2,1-2H3/t12-/m1/s1. The zero-order valence-electron chi connectivity index (χ0n) is 11.1. The number of halogens is 2. The average molecular weight is 278 g/mol. The Kier molecular flexibility index (Phi) is 4.56. The fourth-order valence-electron chi connectivity index (χ4n) is 1.90. The Morgan fingerprint density at radius 2 is 1.84 bits per heavy atom. The molecule has 0 saturated heterocycles. The lowest BCUT2D eigenvalue weighted by atomic mass is 10.1. The second-order valence-electron chi connectivity index (χ2n) is 4.75. The highest BCUT2D eigenvalue weighted by Gasteiger charge is 2.07. The van der Waals surface area contributed by atoms with Crippen LogP contribution in [0.4, 0.5) is 4.39 Å². The minimum Gasteiger partial charge on any atom is -0.306 e. The van der Waals surface area contributed by atoms with E-state index >= 15 is 0 Å². The molecular weight excluding hydrogens is 261 g/mol. The zero-order chi connectivity index (χ0) is 13.8. The van der Waals surface area contributed by atoms with Gasteiger partial charge in [-0.2, -0.15) is 0 Å². The molecule has 0 bridgehead atoms. The molecule has 0 radical (unpaired) electrons. The van der Waals surface area contributed by atoms with Gasteiger partial charge in [-0.25, -0.2) is 4.39 Å².